The van der Waals surface area contributed by atoms with Gasteiger partial charge in [-0.05, 0) is 31.5 Å². The molecular weight excluding hydrogens is 457 g/mol. The second-order valence-electron chi connectivity index (χ2n) is 7.35. The summed E-state index contributed by atoms with van der Waals surface area (Å²) < 4.78 is 20.3. The third-order valence-corrected chi connectivity index (χ3v) is 5.76. The van der Waals surface area contributed by atoms with E-state index in [9.17, 15) is 14.8 Å². The first-order valence-corrected chi connectivity index (χ1v) is 11.7. The number of para-hydroxylation sites is 2. The minimum atomic E-state index is -2.57. The molecule has 0 spiro atoms. The van der Waals surface area contributed by atoms with Gasteiger partial charge in [0.2, 0.25) is 5.75 Å². The van der Waals surface area contributed by atoms with Crippen molar-refractivity contribution in [2.75, 3.05) is 0 Å². The molecule has 0 saturated heterocycles. The molecule has 3 rings (SSSR count). The Labute approximate surface area is 198 Å². The van der Waals surface area contributed by atoms with E-state index in [1.54, 1.807) is 37.4 Å². The van der Waals surface area contributed by atoms with E-state index in [1.165, 1.54) is 6.92 Å². The minimum Gasteiger partial charge on any atom is -0.575 e. The molecular formula is C24H26N3O6P. The number of carbonyl (C=O) groups excluding carboxylic acids is 1. The largest absolute Gasteiger partial charge is 0.575 e. The number of hydrogen-bond acceptors (Lipinski definition) is 9. The van der Waals surface area contributed by atoms with Gasteiger partial charge >= 0.3 is 14.1 Å². The average Bonchev–Trinajstić information content (AvgIpc) is 2.84. The van der Waals surface area contributed by atoms with E-state index in [-0.39, 0.29) is 31.3 Å². The summed E-state index contributed by atoms with van der Waals surface area (Å²) in [6.07, 6.45) is 1.58. The van der Waals surface area contributed by atoms with E-state index < -0.39 is 20.2 Å². The summed E-state index contributed by atoms with van der Waals surface area (Å²) in [6.45, 7) is 3.44. The zero-order chi connectivity index (χ0) is 24.5. The molecule has 0 radical (unpaired) electrons. The molecule has 0 bridgehead atoms. The lowest BCUT2D eigenvalue weighted by atomic mass is 10.1. The Hall–Kier alpha value is -3.52. The van der Waals surface area contributed by atoms with Crippen molar-refractivity contribution < 1.29 is 28.8 Å². The average molecular weight is 483 g/mol. The quantitative estimate of drug-likeness (QED) is 0.330. The van der Waals surface area contributed by atoms with Crippen LogP contribution in [-0.2, 0) is 29.3 Å². The van der Waals surface area contributed by atoms with Crippen LogP contribution in [0, 0.1) is 6.92 Å². The molecule has 3 aromatic rings. The zero-order valence-electron chi connectivity index (χ0n) is 18.9. The number of aromatic hydroxyl groups is 1. The minimum absolute atomic E-state index is 0.0307. The highest BCUT2D eigenvalue weighted by Gasteiger charge is 2.20. The van der Waals surface area contributed by atoms with Crippen LogP contribution in [0.25, 0.3) is 0 Å². The van der Waals surface area contributed by atoms with Gasteiger partial charge in [-0.15, -0.1) is 0 Å². The van der Waals surface area contributed by atoms with E-state index in [0.717, 1.165) is 5.56 Å². The molecule has 1 heterocycles. The normalized spacial score (nSPS) is 12.2. The Morgan fingerprint density at radius 1 is 1.15 bits per heavy atom. The fraction of sp³-hybridized carbons (Fsp3) is 0.250. The van der Waals surface area contributed by atoms with Crippen LogP contribution in [-0.4, -0.2) is 22.1 Å². The Morgan fingerprint density at radius 3 is 2.53 bits per heavy atom. The predicted octanol–water partition coefficient (Wildman–Crippen LogP) is 3.50. The maximum absolute atomic E-state index is 12.4. The summed E-state index contributed by atoms with van der Waals surface area (Å²) in [5, 5.41) is 10.2. The smallest absolute Gasteiger partial charge is 0.395 e. The number of rotatable bonds is 10. The van der Waals surface area contributed by atoms with E-state index >= 15 is 0 Å². The predicted molar refractivity (Wildman–Crippen MR) is 125 cm³/mol. The molecule has 0 saturated carbocycles. The van der Waals surface area contributed by atoms with E-state index in [0.29, 0.717) is 22.6 Å². The van der Waals surface area contributed by atoms with Gasteiger partial charge in [0.25, 0.3) is 0 Å². The maximum Gasteiger partial charge on any atom is 0.395 e. The first-order valence-electron chi connectivity index (χ1n) is 10.5. The number of benzene rings is 2. The van der Waals surface area contributed by atoms with Crippen LogP contribution in [0.5, 0.6) is 17.2 Å². The standard InChI is InChI=1S/C24H26N3O6P/c1-16-23(28)20(12-25)19(13-26-16)15-31-21-10-6-7-11-22(21)33-34(30)27-17(2)24(29)32-14-18-8-4-3-5-9-18/h3-11,13,17,28H,12,14-15,25H2,1-2H3/t17-/m0/s1. The van der Waals surface area contributed by atoms with Crippen molar-refractivity contribution in [3.8, 4) is 17.2 Å². The number of carbonyl (C=O) groups is 1. The molecule has 34 heavy (non-hydrogen) atoms. The highest BCUT2D eigenvalue weighted by atomic mass is 31.1. The third kappa shape index (κ3) is 6.74. The number of hydrogen-bond donors (Lipinski definition) is 2. The van der Waals surface area contributed by atoms with Crippen LogP contribution in [0.3, 0.4) is 0 Å². The van der Waals surface area contributed by atoms with Gasteiger partial charge in [0.15, 0.2) is 11.8 Å². The van der Waals surface area contributed by atoms with E-state index in [4.69, 9.17) is 19.7 Å². The van der Waals surface area contributed by atoms with Crippen LogP contribution in [0.1, 0.15) is 29.3 Å². The molecule has 0 amide bonds. The summed E-state index contributed by atoms with van der Waals surface area (Å²) in [5.41, 5.74) is 8.22. The Bertz CT molecular complexity index is 1160. The van der Waals surface area contributed by atoms with Crippen LogP contribution in [0.2, 0.25) is 0 Å². The van der Waals surface area contributed by atoms with Gasteiger partial charge < -0.3 is 25.2 Å². The Morgan fingerprint density at radius 2 is 1.82 bits per heavy atom. The maximum atomic E-state index is 12.4. The van der Waals surface area contributed by atoms with Gasteiger partial charge in [-0.25, -0.2) is 4.79 Å². The fourth-order valence-corrected chi connectivity index (χ4v) is 3.73. The SMILES string of the molecule is Cc1ncc(COc2ccccc2O[P+]([O-])=N[C@@H](C)C(=O)OCc2ccccc2)c(CN)c1O. The van der Waals surface area contributed by atoms with Crippen molar-refractivity contribution in [3.05, 3.63) is 83.2 Å². The van der Waals surface area contributed by atoms with E-state index in [2.05, 4.69) is 9.73 Å². The van der Waals surface area contributed by atoms with E-state index in [1.807, 2.05) is 30.3 Å². The van der Waals surface area contributed by atoms with Gasteiger partial charge in [-0.3, -0.25) is 9.51 Å². The summed E-state index contributed by atoms with van der Waals surface area (Å²) >= 11 is 0. The fourth-order valence-electron chi connectivity index (χ4n) is 2.98. The second kappa shape index (κ2) is 12.1. The Balaban J connectivity index is 1.63. The molecule has 1 unspecified atom stereocenters. The highest BCUT2D eigenvalue weighted by Crippen LogP contribution is 2.34. The highest BCUT2D eigenvalue weighted by molar-refractivity contribution is 7.34. The van der Waals surface area contributed by atoms with Crippen molar-refractivity contribution >= 4 is 14.1 Å². The topological polar surface area (TPSA) is 139 Å². The molecule has 0 aliphatic carbocycles. The summed E-state index contributed by atoms with van der Waals surface area (Å²) in [7, 11) is -2.57. The summed E-state index contributed by atoms with van der Waals surface area (Å²) in [6, 6.07) is 14.9. The van der Waals surface area contributed by atoms with Crippen LogP contribution in [0.15, 0.2) is 65.5 Å². The zero-order valence-corrected chi connectivity index (χ0v) is 19.8. The molecule has 9 nitrogen and oxygen atoms in total. The van der Waals surface area contributed by atoms with Crippen molar-refractivity contribution in [1.29, 1.82) is 0 Å². The van der Waals surface area contributed by atoms with Gasteiger partial charge in [-0.1, -0.05) is 47.2 Å². The lowest BCUT2D eigenvalue weighted by Gasteiger charge is -2.13. The van der Waals surface area contributed by atoms with Gasteiger partial charge in [-0.2, -0.15) is 0 Å². The van der Waals surface area contributed by atoms with Gasteiger partial charge in [0.1, 0.15) is 19.0 Å². The van der Waals surface area contributed by atoms with Crippen molar-refractivity contribution in [2.24, 2.45) is 10.5 Å². The molecule has 2 atom stereocenters. The van der Waals surface area contributed by atoms with Crippen molar-refractivity contribution in [2.45, 2.75) is 39.6 Å². The van der Waals surface area contributed by atoms with Crippen molar-refractivity contribution in [1.82, 2.24) is 4.98 Å². The number of aryl methyl sites for hydroxylation is 1. The Kier molecular flexibility index (Phi) is 8.93. The number of nitrogens with two attached hydrogens (primary N) is 1. The number of pyridine rings is 1. The lowest BCUT2D eigenvalue weighted by Crippen LogP contribution is -2.18. The number of esters is 1. The monoisotopic (exact) mass is 483 g/mol. The lowest BCUT2D eigenvalue weighted by molar-refractivity contribution is -0.169. The van der Waals surface area contributed by atoms with Gasteiger partial charge in [0, 0.05) is 23.9 Å². The molecule has 0 fully saturated rings. The number of nitrogens with zero attached hydrogens (tertiary/aromatic N) is 2. The van der Waals surface area contributed by atoms with Crippen LogP contribution < -0.4 is 19.9 Å². The molecule has 3 N–H and O–H groups in total. The molecule has 10 heteroatoms. The number of ether oxygens (including phenoxy) is 2. The molecule has 0 aliphatic heterocycles. The number of aromatic nitrogens is 1. The summed E-state index contributed by atoms with van der Waals surface area (Å²) in [5.74, 6) is -0.0799. The first kappa shape index (κ1) is 25.1. The third-order valence-electron chi connectivity index (χ3n) is 4.88. The van der Waals surface area contributed by atoms with Gasteiger partial charge in [0.05, 0.1) is 5.69 Å². The molecule has 2 aromatic carbocycles. The van der Waals surface area contributed by atoms with Crippen LogP contribution in [0.4, 0.5) is 0 Å². The van der Waals surface area contributed by atoms with Crippen molar-refractivity contribution in [3.63, 3.8) is 0 Å². The first-order chi connectivity index (χ1) is 16.4. The molecule has 1 aromatic heterocycles. The molecule has 0 aliphatic rings. The van der Waals surface area contributed by atoms with Crippen LogP contribution >= 0.6 is 8.17 Å². The second-order valence-corrected chi connectivity index (χ2v) is 8.24. The molecule has 178 valence electrons. The summed E-state index contributed by atoms with van der Waals surface area (Å²) in [4.78, 5) is 28.8.